The third-order valence-electron chi connectivity index (χ3n) is 4.39. The Morgan fingerprint density at radius 2 is 1.86 bits per heavy atom. The molecule has 0 fully saturated rings. The van der Waals surface area contributed by atoms with Gasteiger partial charge in [0.25, 0.3) is 5.91 Å². The highest BCUT2D eigenvalue weighted by Crippen LogP contribution is 2.41. The van der Waals surface area contributed by atoms with Gasteiger partial charge in [-0.2, -0.15) is 0 Å². The molecule has 0 saturated carbocycles. The smallest absolute Gasteiger partial charge is 0.338 e. The normalized spacial score (nSPS) is 13.3. The number of benzene rings is 2. The molecule has 0 aromatic heterocycles. The van der Waals surface area contributed by atoms with Gasteiger partial charge in [-0.1, -0.05) is 36.1 Å². The van der Waals surface area contributed by atoms with Crippen LogP contribution in [0.4, 0.5) is 0 Å². The van der Waals surface area contributed by atoms with Crippen molar-refractivity contribution in [3.05, 3.63) is 59.2 Å². The second kappa shape index (κ2) is 8.70. The van der Waals surface area contributed by atoms with Crippen LogP contribution in [-0.4, -0.2) is 37.7 Å². The van der Waals surface area contributed by atoms with Gasteiger partial charge in [-0.25, -0.2) is 4.79 Å². The van der Waals surface area contributed by atoms with E-state index in [2.05, 4.69) is 17.2 Å². The van der Waals surface area contributed by atoms with Crippen molar-refractivity contribution in [3.63, 3.8) is 0 Å². The first-order chi connectivity index (χ1) is 13.9. The Morgan fingerprint density at radius 3 is 2.62 bits per heavy atom. The maximum Gasteiger partial charge on any atom is 0.338 e. The average Bonchev–Trinajstić information content (AvgIpc) is 3.04. The predicted molar refractivity (Wildman–Crippen MR) is 108 cm³/mol. The van der Waals surface area contributed by atoms with Gasteiger partial charge < -0.3 is 19.5 Å². The highest BCUT2D eigenvalue weighted by atomic mass is 16.5. The van der Waals surface area contributed by atoms with E-state index in [-0.39, 0.29) is 29.9 Å². The van der Waals surface area contributed by atoms with Gasteiger partial charge in [-0.15, -0.1) is 0 Å². The Morgan fingerprint density at radius 1 is 1.10 bits per heavy atom. The van der Waals surface area contributed by atoms with Crippen molar-refractivity contribution in [2.45, 2.75) is 25.9 Å². The fraction of sp³-hybridized carbons (Fsp3) is 0.304. The molecule has 0 saturated heterocycles. The van der Waals surface area contributed by atoms with Gasteiger partial charge in [0.1, 0.15) is 12.2 Å². The number of nitrogens with one attached hydrogen (secondary N) is 1. The summed E-state index contributed by atoms with van der Waals surface area (Å²) in [6.45, 7) is 4.39. The van der Waals surface area contributed by atoms with Gasteiger partial charge >= 0.3 is 5.97 Å². The zero-order valence-electron chi connectivity index (χ0n) is 16.7. The van der Waals surface area contributed by atoms with E-state index in [9.17, 15) is 9.59 Å². The van der Waals surface area contributed by atoms with E-state index in [4.69, 9.17) is 14.2 Å². The molecule has 6 nitrogen and oxygen atoms in total. The number of carbonyl (C=O) groups is 2. The lowest BCUT2D eigenvalue weighted by molar-refractivity contribution is 0.0596. The highest BCUT2D eigenvalue weighted by molar-refractivity contribution is 6.05. The lowest BCUT2D eigenvalue weighted by Gasteiger charge is -2.17. The third-order valence-corrected chi connectivity index (χ3v) is 4.39. The van der Waals surface area contributed by atoms with E-state index in [0.717, 1.165) is 17.7 Å². The van der Waals surface area contributed by atoms with Crippen LogP contribution in [0.3, 0.4) is 0 Å². The quantitative estimate of drug-likeness (QED) is 0.624. The molecular weight excluding hydrogens is 370 g/mol. The number of ether oxygens (including phenoxy) is 3. The Hall–Kier alpha value is -3.46. The molecule has 0 unspecified atom stereocenters. The minimum absolute atomic E-state index is 0.133. The number of hydrogen-bond acceptors (Lipinski definition) is 5. The zero-order chi connectivity index (χ0) is 20.9. The second-order valence-corrected chi connectivity index (χ2v) is 7.14. The molecule has 0 aliphatic carbocycles. The molecule has 1 heterocycles. The van der Waals surface area contributed by atoms with Gasteiger partial charge in [0.15, 0.2) is 11.5 Å². The van der Waals surface area contributed by atoms with Crippen LogP contribution in [0.15, 0.2) is 42.5 Å². The van der Waals surface area contributed by atoms with E-state index in [1.54, 1.807) is 24.3 Å². The van der Waals surface area contributed by atoms with Gasteiger partial charge in [0, 0.05) is 12.0 Å². The van der Waals surface area contributed by atoms with Crippen molar-refractivity contribution in [2.75, 3.05) is 20.3 Å². The van der Waals surface area contributed by atoms with E-state index in [0.29, 0.717) is 5.75 Å². The van der Waals surface area contributed by atoms with Crippen molar-refractivity contribution >= 4 is 11.9 Å². The van der Waals surface area contributed by atoms with Crippen LogP contribution in [-0.2, 0) is 11.2 Å². The molecule has 0 atom stereocenters. The van der Waals surface area contributed by atoms with Crippen LogP contribution < -0.4 is 14.8 Å². The van der Waals surface area contributed by atoms with Crippen molar-refractivity contribution < 1.29 is 23.8 Å². The molecule has 0 bridgehead atoms. The Kier molecular flexibility index (Phi) is 6.08. The standard InChI is InChI=1S/C23H23NO5/c1-23(2)15-16-9-8-12-19(20(16)29-23)28-14-7-6-13-24-21(25)17-10-4-5-11-18(17)22(26)27-3/h4-5,8-12H,13-15H2,1-3H3,(H,24,25). The summed E-state index contributed by atoms with van der Waals surface area (Å²) in [7, 11) is 1.27. The van der Waals surface area contributed by atoms with Crippen LogP contribution in [0.25, 0.3) is 0 Å². The molecule has 6 heteroatoms. The summed E-state index contributed by atoms with van der Waals surface area (Å²) in [6, 6.07) is 12.3. The van der Waals surface area contributed by atoms with Crippen LogP contribution >= 0.6 is 0 Å². The molecule has 1 aliphatic heterocycles. The van der Waals surface area contributed by atoms with Gasteiger partial charge in [-0.3, -0.25) is 4.79 Å². The van der Waals surface area contributed by atoms with Crippen LogP contribution in [0.5, 0.6) is 11.5 Å². The van der Waals surface area contributed by atoms with Gasteiger partial charge in [0.2, 0.25) is 0 Å². The molecule has 1 amide bonds. The monoisotopic (exact) mass is 393 g/mol. The van der Waals surface area contributed by atoms with Gasteiger partial charge in [-0.05, 0) is 32.0 Å². The third kappa shape index (κ3) is 4.88. The second-order valence-electron chi connectivity index (χ2n) is 7.14. The van der Waals surface area contributed by atoms with Gasteiger partial charge in [0.05, 0.1) is 24.8 Å². The number of methoxy groups -OCH3 is 1. The fourth-order valence-corrected chi connectivity index (χ4v) is 3.12. The summed E-state index contributed by atoms with van der Waals surface area (Å²) >= 11 is 0. The predicted octanol–water partition coefficient (Wildman–Crippen LogP) is 3.00. The Labute approximate surface area is 170 Å². The van der Waals surface area contributed by atoms with Crippen molar-refractivity contribution in [3.8, 4) is 23.3 Å². The summed E-state index contributed by atoms with van der Waals surface area (Å²) in [4.78, 5) is 24.0. The molecule has 2 aromatic carbocycles. The number of fused-ring (bicyclic) bond motifs is 1. The lowest BCUT2D eigenvalue weighted by Crippen LogP contribution is -2.26. The molecule has 3 rings (SSSR count). The summed E-state index contributed by atoms with van der Waals surface area (Å²) in [5.41, 5.74) is 1.34. The SMILES string of the molecule is COC(=O)c1ccccc1C(=O)NCC#CCOc1cccc2c1OC(C)(C)C2. The summed E-state index contributed by atoms with van der Waals surface area (Å²) in [5.74, 6) is 6.19. The Bertz CT molecular complexity index is 984. The molecule has 29 heavy (non-hydrogen) atoms. The molecule has 1 N–H and O–H groups in total. The average molecular weight is 393 g/mol. The largest absolute Gasteiger partial charge is 0.483 e. The molecule has 0 spiro atoms. The number of amides is 1. The minimum atomic E-state index is -0.559. The Balaban J connectivity index is 1.52. The highest BCUT2D eigenvalue weighted by Gasteiger charge is 2.32. The molecule has 150 valence electrons. The maximum atomic E-state index is 12.3. The van der Waals surface area contributed by atoms with E-state index >= 15 is 0 Å². The fourth-order valence-electron chi connectivity index (χ4n) is 3.12. The van der Waals surface area contributed by atoms with Crippen molar-refractivity contribution in [2.24, 2.45) is 0 Å². The first kappa shape index (κ1) is 20.3. The van der Waals surface area contributed by atoms with Crippen molar-refractivity contribution in [1.82, 2.24) is 5.32 Å². The molecule has 1 aliphatic rings. The number of rotatable bonds is 5. The van der Waals surface area contributed by atoms with Crippen LogP contribution in [0.2, 0.25) is 0 Å². The number of hydrogen-bond donors (Lipinski definition) is 1. The summed E-state index contributed by atoms with van der Waals surface area (Å²) in [6.07, 6.45) is 0.838. The number of esters is 1. The lowest BCUT2D eigenvalue weighted by atomic mass is 10.0. The zero-order valence-corrected chi connectivity index (χ0v) is 16.7. The summed E-state index contributed by atoms with van der Waals surface area (Å²) < 4.78 is 16.4. The number of para-hydroxylation sites is 1. The van der Waals surface area contributed by atoms with E-state index in [1.165, 1.54) is 7.11 Å². The first-order valence-electron chi connectivity index (χ1n) is 9.26. The molecule has 2 aromatic rings. The molecule has 0 radical (unpaired) electrons. The van der Waals surface area contributed by atoms with Crippen LogP contribution in [0, 0.1) is 11.8 Å². The van der Waals surface area contributed by atoms with E-state index < -0.39 is 11.9 Å². The van der Waals surface area contributed by atoms with Crippen molar-refractivity contribution in [1.29, 1.82) is 0 Å². The minimum Gasteiger partial charge on any atom is -0.483 e. The molecular formula is C23H23NO5. The topological polar surface area (TPSA) is 73.9 Å². The number of carbonyl (C=O) groups excluding carboxylic acids is 2. The first-order valence-corrected chi connectivity index (χ1v) is 9.26. The van der Waals surface area contributed by atoms with E-state index in [1.807, 2.05) is 32.0 Å². The summed E-state index contributed by atoms with van der Waals surface area (Å²) in [5, 5.41) is 2.67. The maximum absolute atomic E-state index is 12.3. The van der Waals surface area contributed by atoms with Crippen LogP contribution in [0.1, 0.15) is 40.1 Å².